The predicted molar refractivity (Wildman–Crippen MR) is 85.4 cm³/mol. The molecule has 1 aliphatic rings. The Bertz CT molecular complexity index is 514. The zero-order chi connectivity index (χ0) is 14.4. The van der Waals surface area contributed by atoms with Crippen molar-refractivity contribution in [3.05, 3.63) is 29.3 Å². The number of H-pyrrole nitrogens is 1. The molecule has 0 fully saturated rings. The number of hydrogen-bond acceptors (Lipinski definition) is 2. The lowest BCUT2D eigenvalue weighted by Gasteiger charge is -2.24. The van der Waals surface area contributed by atoms with E-state index < -0.39 is 0 Å². The minimum Gasteiger partial charge on any atom is -0.385 e. The number of likely N-dealkylation sites (N-methyl/N-ethyl adjacent to an activating group) is 1. The van der Waals surface area contributed by atoms with Crippen molar-refractivity contribution >= 4 is 16.7 Å². The summed E-state index contributed by atoms with van der Waals surface area (Å²) in [5.74, 6) is 0.751. The van der Waals surface area contributed by atoms with Gasteiger partial charge in [0.2, 0.25) is 0 Å². The van der Waals surface area contributed by atoms with Crippen LogP contribution in [0.15, 0.2) is 18.2 Å². The molecule has 0 radical (unpaired) electrons. The summed E-state index contributed by atoms with van der Waals surface area (Å²) in [5, 5.41) is 1.23. The monoisotopic (exact) mass is 261 g/mol. The Kier molecular flexibility index (Phi) is 5.90. The molecular weight excluding hydrogens is 234 g/mol. The van der Waals surface area contributed by atoms with E-state index in [0.29, 0.717) is 0 Å². The number of fused-ring (bicyclic) bond motifs is 2. The Morgan fingerprint density at radius 2 is 1.74 bits per heavy atom. The first kappa shape index (κ1) is 15.6. The molecule has 0 atom stereocenters. The smallest absolute Gasteiger partial charge is 0.101 e. The van der Waals surface area contributed by atoms with Gasteiger partial charge in [-0.05, 0) is 42.8 Å². The lowest BCUT2D eigenvalue weighted by Crippen LogP contribution is -2.26. The maximum absolute atomic E-state index is 5.75. The second-order valence-electron chi connectivity index (χ2n) is 4.42. The van der Waals surface area contributed by atoms with Gasteiger partial charge in [0.1, 0.15) is 5.82 Å². The average Bonchev–Trinajstić information content (AvgIpc) is 2.79. The van der Waals surface area contributed by atoms with Crippen molar-refractivity contribution < 1.29 is 0 Å². The largest absolute Gasteiger partial charge is 0.385 e. The van der Waals surface area contributed by atoms with Crippen LogP contribution in [-0.4, -0.2) is 23.5 Å². The Balaban J connectivity index is 0.000000415. The summed E-state index contributed by atoms with van der Waals surface area (Å²) in [6.45, 7) is 10.2. The fourth-order valence-corrected chi connectivity index (χ4v) is 2.36. The standard InChI is InChI=1S/C12H15N3.2C2H6/c1-15-3-2-8-4-9-6-12(13)14-11(9)5-10(8)7-15;2*1-2/h4-6,14H,2-3,7,13H2,1H3;2*1-2H3. The van der Waals surface area contributed by atoms with E-state index >= 15 is 0 Å². The number of benzene rings is 1. The molecule has 1 aliphatic heterocycles. The van der Waals surface area contributed by atoms with E-state index in [1.165, 1.54) is 16.5 Å². The highest BCUT2D eigenvalue weighted by Crippen LogP contribution is 2.25. The molecule has 0 unspecified atom stereocenters. The number of hydrogen-bond donors (Lipinski definition) is 2. The first-order valence-corrected chi connectivity index (χ1v) is 7.31. The van der Waals surface area contributed by atoms with Crippen LogP contribution in [0.2, 0.25) is 0 Å². The van der Waals surface area contributed by atoms with Crippen molar-refractivity contribution in [3.63, 3.8) is 0 Å². The molecule has 19 heavy (non-hydrogen) atoms. The first-order chi connectivity index (χ1) is 9.22. The number of aromatic amines is 1. The summed E-state index contributed by atoms with van der Waals surface area (Å²) >= 11 is 0. The summed E-state index contributed by atoms with van der Waals surface area (Å²) in [4.78, 5) is 5.53. The molecule has 2 heterocycles. The fourth-order valence-electron chi connectivity index (χ4n) is 2.36. The molecular formula is C16H27N3. The minimum absolute atomic E-state index is 0.751. The summed E-state index contributed by atoms with van der Waals surface area (Å²) in [6, 6.07) is 6.51. The molecule has 0 saturated carbocycles. The molecule has 3 heteroatoms. The predicted octanol–water partition coefficient (Wildman–Crippen LogP) is 3.79. The number of anilines is 1. The van der Waals surface area contributed by atoms with E-state index in [9.17, 15) is 0 Å². The van der Waals surface area contributed by atoms with Crippen molar-refractivity contribution in [3.8, 4) is 0 Å². The number of nitrogens with zero attached hydrogens (tertiary/aromatic N) is 1. The third kappa shape index (κ3) is 3.51. The highest BCUT2D eigenvalue weighted by molar-refractivity contribution is 5.85. The molecule has 0 bridgehead atoms. The number of nitrogens with two attached hydrogens (primary N) is 1. The molecule has 3 rings (SSSR count). The maximum Gasteiger partial charge on any atom is 0.101 e. The van der Waals surface area contributed by atoms with Crippen LogP contribution in [0.25, 0.3) is 10.9 Å². The van der Waals surface area contributed by atoms with E-state index in [1.807, 2.05) is 33.8 Å². The molecule has 1 aromatic heterocycles. The minimum atomic E-state index is 0.751. The molecule has 2 aromatic rings. The van der Waals surface area contributed by atoms with E-state index in [-0.39, 0.29) is 0 Å². The van der Waals surface area contributed by atoms with Crippen LogP contribution in [0, 0.1) is 0 Å². The van der Waals surface area contributed by atoms with Gasteiger partial charge in [-0.1, -0.05) is 27.7 Å². The molecule has 0 amide bonds. The quantitative estimate of drug-likeness (QED) is 0.758. The van der Waals surface area contributed by atoms with Crippen LogP contribution in [0.4, 0.5) is 5.82 Å². The van der Waals surface area contributed by atoms with Gasteiger partial charge in [-0.25, -0.2) is 0 Å². The Morgan fingerprint density at radius 3 is 2.42 bits per heavy atom. The normalized spacial score (nSPS) is 13.9. The zero-order valence-corrected chi connectivity index (χ0v) is 12.9. The Labute approximate surface area is 116 Å². The van der Waals surface area contributed by atoms with Gasteiger partial charge in [0.15, 0.2) is 0 Å². The second kappa shape index (κ2) is 7.19. The van der Waals surface area contributed by atoms with E-state index in [0.717, 1.165) is 30.8 Å². The van der Waals surface area contributed by atoms with Gasteiger partial charge < -0.3 is 15.6 Å². The van der Waals surface area contributed by atoms with Crippen molar-refractivity contribution in [2.75, 3.05) is 19.3 Å². The number of nitrogens with one attached hydrogen (secondary N) is 1. The summed E-state index contributed by atoms with van der Waals surface area (Å²) in [7, 11) is 2.16. The highest BCUT2D eigenvalue weighted by Gasteiger charge is 2.14. The lowest BCUT2D eigenvalue weighted by molar-refractivity contribution is 0.313. The highest BCUT2D eigenvalue weighted by atomic mass is 15.1. The number of nitrogen functional groups attached to an aromatic ring is 1. The van der Waals surface area contributed by atoms with E-state index in [1.54, 1.807) is 0 Å². The molecule has 3 N–H and O–H groups in total. The SMILES string of the molecule is CC.CC.CN1CCc2cc3cc(N)[nH]c3cc2C1. The van der Waals surface area contributed by atoms with E-state index in [4.69, 9.17) is 5.73 Å². The summed E-state index contributed by atoms with van der Waals surface area (Å²) in [6.07, 6.45) is 1.15. The molecule has 1 aromatic carbocycles. The van der Waals surface area contributed by atoms with Crippen LogP contribution in [-0.2, 0) is 13.0 Å². The van der Waals surface area contributed by atoms with E-state index in [2.05, 4.69) is 29.1 Å². The fraction of sp³-hybridized carbons (Fsp3) is 0.500. The van der Waals surface area contributed by atoms with Gasteiger partial charge in [-0.2, -0.15) is 0 Å². The third-order valence-corrected chi connectivity index (χ3v) is 3.16. The summed E-state index contributed by atoms with van der Waals surface area (Å²) < 4.78 is 0. The van der Waals surface area contributed by atoms with Crippen LogP contribution >= 0.6 is 0 Å². The molecule has 0 saturated heterocycles. The van der Waals surface area contributed by atoms with Gasteiger partial charge in [-0.15, -0.1) is 0 Å². The topological polar surface area (TPSA) is 45.0 Å². The number of aromatic nitrogens is 1. The zero-order valence-electron chi connectivity index (χ0n) is 12.9. The van der Waals surface area contributed by atoms with Crippen molar-refractivity contribution in [2.24, 2.45) is 0 Å². The number of rotatable bonds is 0. The maximum atomic E-state index is 5.75. The van der Waals surface area contributed by atoms with Gasteiger partial charge in [-0.3, -0.25) is 0 Å². The van der Waals surface area contributed by atoms with Gasteiger partial charge in [0, 0.05) is 24.0 Å². The van der Waals surface area contributed by atoms with Gasteiger partial charge >= 0.3 is 0 Å². The third-order valence-electron chi connectivity index (χ3n) is 3.16. The van der Waals surface area contributed by atoms with Crippen LogP contribution in [0.5, 0.6) is 0 Å². The molecule has 0 aliphatic carbocycles. The second-order valence-corrected chi connectivity index (χ2v) is 4.42. The van der Waals surface area contributed by atoms with Crippen LogP contribution in [0.3, 0.4) is 0 Å². The van der Waals surface area contributed by atoms with Crippen molar-refractivity contribution in [2.45, 2.75) is 40.7 Å². The molecule has 0 spiro atoms. The first-order valence-electron chi connectivity index (χ1n) is 7.31. The van der Waals surface area contributed by atoms with Crippen LogP contribution in [0.1, 0.15) is 38.8 Å². The lowest BCUT2D eigenvalue weighted by atomic mass is 9.98. The van der Waals surface area contributed by atoms with Crippen molar-refractivity contribution in [1.82, 2.24) is 9.88 Å². The summed E-state index contributed by atoms with van der Waals surface area (Å²) in [5.41, 5.74) is 9.81. The molecule has 3 nitrogen and oxygen atoms in total. The Hall–Kier alpha value is -1.48. The molecule has 106 valence electrons. The average molecular weight is 261 g/mol. The van der Waals surface area contributed by atoms with Gasteiger partial charge in [0.25, 0.3) is 0 Å². The van der Waals surface area contributed by atoms with Crippen LogP contribution < -0.4 is 5.73 Å². The van der Waals surface area contributed by atoms with Gasteiger partial charge in [0.05, 0.1) is 0 Å². The van der Waals surface area contributed by atoms with Crippen molar-refractivity contribution in [1.29, 1.82) is 0 Å². The Morgan fingerprint density at radius 1 is 1.05 bits per heavy atom.